The third-order valence-electron chi connectivity index (χ3n) is 16.0. The van der Waals surface area contributed by atoms with E-state index in [1.165, 1.54) is 33.4 Å². The van der Waals surface area contributed by atoms with Crippen molar-refractivity contribution >= 4 is 23.7 Å². The number of ether oxygens (including phenoxy) is 2. The number of nitrogens with zero attached hydrogens (tertiary/aromatic N) is 4. The normalized spacial score (nSPS) is 12.7. The molecule has 0 saturated carbocycles. The zero-order chi connectivity index (χ0) is 68.5. The Morgan fingerprint density at radius 2 is 0.890 bits per heavy atom. The van der Waals surface area contributed by atoms with Gasteiger partial charge in [-0.1, -0.05) is 27.7 Å². The lowest BCUT2D eigenvalue weighted by molar-refractivity contribution is -0.144. The highest BCUT2D eigenvalue weighted by Crippen LogP contribution is 2.38. The Labute approximate surface area is 535 Å². The summed E-state index contributed by atoms with van der Waals surface area (Å²) in [4.78, 5) is 79.8. The van der Waals surface area contributed by atoms with E-state index in [0.717, 1.165) is 69.6 Å². The number of rotatable bonds is 26. The number of likely N-dealkylation sites (N-methyl/N-ethyl adjacent to an activating group) is 2. The summed E-state index contributed by atoms with van der Waals surface area (Å²) in [5.41, 5.74) is 16.5. The van der Waals surface area contributed by atoms with Gasteiger partial charge in [-0.05, 0) is 267 Å². The molecule has 4 aromatic carbocycles. The molecular formula is C73H97F4N5O9. The van der Waals surface area contributed by atoms with Gasteiger partial charge in [0.2, 0.25) is 0 Å². The fraction of sp³-hybridized carbons (Fsp3) is 0.479. The Kier molecular flexibility index (Phi) is 29.0. The number of hydrogen-bond acceptors (Lipinski definition) is 11. The molecule has 0 fully saturated rings. The molecule has 0 aliphatic carbocycles. The second-order valence-electron chi connectivity index (χ2n) is 25.4. The van der Waals surface area contributed by atoms with Crippen LogP contribution in [0, 0.1) is 90.5 Å². The number of Topliss-reactive ketones (excluding diaryl/α,β-unsaturated/α-hetero) is 1. The van der Waals surface area contributed by atoms with Crippen LogP contribution in [0.15, 0.2) is 82.6 Å². The first-order valence-electron chi connectivity index (χ1n) is 31.3. The van der Waals surface area contributed by atoms with Gasteiger partial charge in [0, 0.05) is 61.6 Å². The van der Waals surface area contributed by atoms with E-state index in [0.29, 0.717) is 47.1 Å². The van der Waals surface area contributed by atoms with E-state index in [4.69, 9.17) is 15.2 Å². The molecule has 0 spiro atoms. The second-order valence-corrected chi connectivity index (χ2v) is 25.4. The number of hydrogen-bond donors (Lipinski definition) is 2. The smallest absolute Gasteiger partial charge is 0.326 e. The van der Waals surface area contributed by atoms with Crippen LogP contribution in [0.25, 0.3) is 22.3 Å². The summed E-state index contributed by atoms with van der Waals surface area (Å²) in [6.07, 6.45) is 5.42. The molecule has 18 heteroatoms. The van der Waals surface area contributed by atoms with E-state index in [2.05, 4.69) is 9.80 Å². The van der Waals surface area contributed by atoms with Crippen molar-refractivity contribution in [1.82, 2.24) is 18.9 Å². The van der Waals surface area contributed by atoms with Crippen molar-refractivity contribution in [2.45, 2.75) is 166 Å². The van der Waals surface area contributed by atoms with Gasteiger partial charge in [0.15, 0.2) is 5.78 Å². The zero-order valence-electron chi connectivity index (χ0n) is 56.8. The van der Waals surface area contributed by atoms with E-state index in [1.54, 1.807) is 90.3 Å². The summed E-state index contributed by atoms with van der Waals surface area (Å²) in [6, 6.07) is 13.2. The largest absolute Gasteiger partial charge is 0.480 e. The molecule has 4 atom stereocenters. The van der Waals surface area contributed by atoms with Crippen LogP contribution >= 0.6 is 0 Å². The average molecular weight is 1260 g/mol. The molecule has 0 radical (unpaired) electrons. The highest BCUT2D eigenvalue weighted by atomic mass is 19.1. The van der Waals surface area contributed by atoms with Gasteiger partial charge >= 0.3 is 17.9 Å². The molecule has 0 aliphatic heterocycles. The van der Waals surface area contributed by atoms with Gasteiger partial charge in [0.1, 0.15) is 29.3 Å². The van der Waals surface area contributed by atoms with Crippen molar-refractivity contribution in [3.63, 3.8) is 0 Å². The molecule has 496 valence electrons. The maximum absolute atomic E-state index is 16.0. The number of aryl methyl sites for hydroxylation is 8. The van der Waals surface area contributed by atoms with Crippen molar-refractivity contribution in [2.75, 3.05) is 54.5 Å². The van der Waals surface area contributed by atoms with E-state index in [1.807, 2.05) is 83.6 Å². The number of carboxylic acid groups (broad SMARTS) is 1. The van der Waals surface area contributed by atoms with Crippen molar-refractivity contribution in [3.05, 3.63) is 184 Å². The minimum Gasteiger partial charge on any atom is -0.480 e. The Balaban J connectivity index is 0.000000323. The van der Waals surface area contributed by atoms with Gasteiger partial charge in [-0.2, -0.15) is 0 Å². The molecule has 2 heterocycles. The highest BCUT2D eigenvalue weighted by Gasteiger charge is 2.31. The fourth-order valence-corrected chi connectivity index (χ4v) is 11.5. The number of benzene rings is 4. The molecule has 3 N–H and O–H groups in total. The third-order valence-corrected chi connectivity index (χ3v) is 16.0. The van der Waals surface area contributed by atoms with Crippen molar-refractivity contribution < 1.29 is 51.3 Å². The molecule has 6 aromatic rings. The Morgan fingerprint density at radius 1 is 0.516 bits per heavy atom. The number of esters is 2. The third kappa shape index (κ3) is 21.8. The molecule has 0 amide bonds. The summed E-state index contributed by atoms with van der Waals surface area (Å²) in [5, 5.41) is 9.41. The first-order chi connectivity index (χ1) is 42.6. The first-order valence-corrected chi connectivity index (χ1v) is 31.3. The Bertz CT molecular complexity index is 3600. The van der Waals surface area contributed by atoms with Crippen LogP contribution in [0.5, 0.6) is 0 Å². The SMILES string of the molecule is CCOC(=O)C[C@H](CC(=O)C(CC(C)C)n1cc(CCN(C)C)c(C)cc1=O)c1cc(-c2c(C)cc(F)cc2C)cc(C)c1F.CCOC(=O)C[C@H](N)c1cc(-c2c(C)cc(F)cc2C)cc(C)c1F.Cc1cc(=O)n(C(CC(C)C)C(=O)O)cc1CCN(C)C. The molecular weight excluding hydrogens is 1170 g/mol. The van der Waals surface area contributed by atoms with Gasteiger partial charge in [-0.15, -0.1) is 0 Å². The Morgan fingerprint density at radius 3 is 1.27 bits per heavy atom. The van der Waals surface area contributed by atoms with E-state index < -0.39 is 53.6 Å². The van der Waals surface area contributed by atoms with Crippen LogP contribution in [-0.4, -0.2) is 102 Å². The Hall–Kier alpha value is -7.54. The molecule has 14 nitrogen and oxygen atoms in total. The van der Waals surface area contributed by atoms with Crippen LogP contribution in [-0.2, 0) is 41.5 Å². The maximum atomic E-state index is 16.0. The van der Waals surface area contributed by atoms with Gasteiger partial charge in [0.05, 0.1) is 32.1 Å². The number of pyridine rings is 2. The van der Waals surface area contributed by atoms with Crippen molar-refractivity contribution in [2.24, 2.45) is 17.6 Å². The summed E-state index contributed by atoms with van der Waals surface area (Å²) >= 11 is 0. The summed E-state index contributed by atoms with van der Waals surface area (Å²) in [5.74, 6) is -4.33. The average Bonchev–Trinajstić information content (AvgIpc) is 1.05. The molecule has 2 unspecified atom stereocenters. The van der Waals surface area contributed by atoms with Gasteiger partial charge < -0.3 is 39.2 Å². The lowest BCUT2D eigenvalue weighted by atomic mass is 9.83. The van der Waals surface area contributed by atoms with Crippen LogP contribution in [0.2, 0.25) is 0 Å². The summed E-state index contributed by atoms with van der Waals surface area (Å²) in [7, 11) is 7.94. The lowest BCUT2D eigenvalue weighted by Crippen LogP contribution is -2.32. The highest BCUT2D eigenvalue weighted by molar-refractivity contribution is 5.85. The number of carbonyl (C=O) groups is 4. The number of aromatic nitrogens is 2. The summed E-state index contributed by atoms with van der Waals surface area (Å²) in [6.45, 7) is 27.6. The van der Waals surface area contributed by atoms with Crippen LogP contribution in [0.4, 0.5) is 17.6 Å². The predicted octanol–water partition coefficient (Wildman–Crippen LogP) is 13.9. The summed E-state index contributed by atoms with van der Waals surface area (Å²) < 4.78 is 71.2. The topological polar surface area (TPSA) is 183 Å². The standard InChI is InChI=1S/C37H48F2N2O4.C20H23F2NO2.C16H26N2O3/c1-10-45-35(44)20-28(31-18-29(14-26(7)37(31)39)36-24(5)15-30(38)16-25(36)6)19-33(42)32(13-22(2)3)41-21-27(11-12-40(8)9)23(4)17-34(41)43;1-5-25-18(24)10-17(23)16-9-14(6-13(4)20(16)22)19-11(2)7-15(21)8-12(19)3;1-11(2)8-14(16(20)21)18-10-13(6-7-17(4)5)12(3)9-15(18)19/h14-18,21-22,28,32H,10-13,19-20H2,1-9H3;6-9,17H,5,10,23H2,1-4H3;9-11,14H,6-8H2,1-5H3,(H,20,21)/t28-,32?;17-;/m00./s1. The quantitative estimate of drug-likeness (QED) is 0.0388. The maximum Gasteiger partial charge on any atom is 0.326 e. The van der Waals surface area contributed by atoms with Crippen LogP contribution in [0.1, 0.15) is 164 Å². The van der Waals surface area contributed by atoms with Crippen molar-refractivity contribution in [1.29, 1.82) is 0 Å². The molecule has 2 aromatic heterocycles. The first kappa shape index (κ1) is 75.9. The number of halogens is 4. The zero-order valence-corrected chi connectivity index (χ0v) is 56.8. The molecule has 91 heavy (non-hydrogen) atoms. The van der Waals surface area contributed by atoms with Crippen LogP contribution in [0.3, 0.4) is 0 Å². The van der Waals surface area contributed by atoms with E-state index in [9.17, 15) is 47.0 Å². The predicted molar refractivity (Wildman–Crippen MR) is 354 cm³/mol. The number of ketones is 1. The minimum absolute atomic E-state index is 0.0904. The monoisotopic (exact) mass is 1260 g/mol. The number of carbonyl (C=O) groups excluding carboxylic acids is 3. The van der Waals surface area contributed by atoms with Gasteiger partial charge in [-0.25, -0.2) is 22.4 Å². The number of nitrogens with two attached hydrogens (primary N) is 1. The van der Waals surface area contributed by atoms with E-state index >= 15 is 4.39 Å². The molecule has 0 bridgehead atoms. The second kappa shape index (κ2) is 34.8. The number of aliphatic carboxylic acids is 1. The van der Waals surface area contributed by atoms with Gasteiger partial charge in [-0.3, -0.25) is 24.0 Å². The minimum atomic E-state index is -0.951. The lowest BCUT2D eigenvalue weighted by Gasteiger charge is -2.25. The molecule has 0 aliphatic rings. The van der Waals surface area contributed by atoms with Gasteiger partial charge in [0.25, 0.3) is 11.1 Å². The van der Waals surface area contributed by atoms with Crippen LogP contribution < -0.4 is 16.9 Å². The van der Waals surface area contributed by atoms with Crippen molar-refractivity contribution in [3.8, 4) is 22.3 Å². The van der Waals surface area contributed by atoms with E-state index in [-0.39, 0.29) is 84.0 Å². The number of carboxylic acids is 1. The fourth-order valence-electron chi connectivity index (χ4n) is 11.5. The molecule has 6 rings (SSSR count). The molecule has 0 saturated heterocycles.